The number of aromatic nitrogens is 6. The van der Waals surface area contributed by atoms with E-state index in [1.54, 1.807) is 35.5 Å². The predicted molar refractivity (Wildman–Crippen MR) is 109 cm³/mol. The van der Waals surface area contributed by atoms with Gasteiger partial charge in [-0.15, -0.1) is 0 Å². The fourth-order valence-electron chi connectivity index (χ4n) is 3.86. The van der Waals surface area contributed by atoms with Crippen molar-refractivity contribution in [1.29, 1.82) is 0 Å². The summed E-state index contributed by atoms with van der Waals surface area (Å²) in [5.74, 6) is 0.496. The summed E-state index contributed by atoms with van der Waals surface area (Å²) in [6.45, 7) is 3.16. The molecule has 3 aromatic heterocycles. The summed E-state index contributed by atoms with van der Waals surface area (Å²) in [5.41, 5.74) is 3.09. The van der Waals surface area contributed by atoms with E-state index in [9.17, 15) is 4.79 Å². The van der Waals surface area contributed by atoms with E-state index in [1.165, 1.54) is 4.80 Å². The lowest BCUT2D eigenvalue weighted by Crippen LogP contribution is -2.44. The Morgan fingerprint density at radius 2 is 1.97 bits per heavy atom. The normalized spacial score (nSPS) is 16.7. The van der Waals surface area contributed by atoms with Gasteiger partial charge in [0.15, 0.2) is 0 Å². The molecule has 1 fully saturated rings. The lowest BCUT2D eigenvalue weighted by molar-refractivity contribution is 0.0530. The topological polar surface area (TPSA) is 90.4 Å². The zero-order chi connectivity index (χ0) is 20.5. The Morgan fingerprint density at radius 1 is 1.13 bits per heavy atom. The third-order valence-corrected chi connectivity index (χ3v) is 5.29. The number of hydrogen-bond acceptors (Lipinski definition) is 6. The molecule has 1 saturated heterocycles. The second kappa shape index (κ2) is 7.58. The number of rotatable bonds is 4. The van der Waals surface area contributed by atoms with Crippen molar-refractivity contribution in [2.24, 2.45) is 0 Å². The average Bonchev–Trinajstić information content (AvgIpc) is 3.44. The van der Waals surface area contributed by atoms with Crippen LogP contribution in [0.3, 0.4) is 0 Å². The van der Waals surface area contributed by atoms with Gasteiger partial charge in [-0.3, -0.25) is 4.79 Å². The molecule has 1 aromatic carbocycles. The minimum Gasteiger partial charge on any atom is -0.471 e. The smallest absolute Gasteiger partial charge is 0.256 e. The molecule has 0 saturated carbocycles. The summed E-state index contributed by atoms with van der Waals surface area (Å²) < 4.78 is 7.99. The molecule has 1 aliphatic heterocycles. The van der Waals surface area contributed by atoms with Gasteiger partial charge >= 0.3 is 0 Å². The lowest BCUT2D eigenvalue weighted by atomic mass is 10.1. The second-order valence-corrected chi connectivity index (χ2v) is 7.32. The second-order valence-electron chi connectivity index (χ2n) is 7.32. The standard InChI is InChI=1S/C21H21N7O2/c1-15-13-25-27-12-10-22-20(19(15)27)30-16-5-4-11-26(14-16)21(29)17-6-2-3-7-18(17)28-23-8-9-24-28/h2-3,6-10,12-13,16H,4-5,11,14H2,1H3. The van der Waals surface area contributed by atoms with Crippen molar-refractivity contribution in [3.63, 3.8) is 0 Å². The maximum Gasteiger partial charge on any atom is 0.256 e. The molecule has 30 heavy (non-hydrogen) atoms. The van der Waals surface area contributed by atoms with Gasteiger partial charge in [0.25, 0.3) is 5.91 Å². The van der Waals surface area contributed by atoms with Gasteiger partial charge in [0.2, 0.25) is 5.88 Å². The maximum absolute atomic E-state index is 13.3. The van der Waals surface area contributed by atoms with E-state index >= 15 is 0 Å². The van der Waals surface area contributed by atoms with Crippen LogP contribution < -0.4 is 4.74 Å². The highest BCUT2D eigenvalue weighted by molar-refractivity contribution is 5.97. The monoisotopic (exact) mass is 403 g/mol. The number of carbonyl (C=O) groups excluding carboxylic acids is 1. The number of piperidine rings is 1. The van der Waals surface area contributed by atoms with Crippen LogP contribution in [0.15, 0.2) is 55.2 Å². The van der Waals surface area contributed by atoms with Crippen molar-refractivity contribution in [3.05, 3.63) is 66.4 Å². The molecule has 9 nitrogen and oxygen atoms in total. The van der Waals surface area contributed by atoms with Crippen molar-refractivity contribution in [1.82, 2.24) is 34.5 Å². The molecule has 0 aliphatic carbocycles. The molecular weight excluding hydrogens is 382 g/mol. The largest absolute Gasteiger partial charge is 0.471 e. The fourth-order valence-corrected chi connectivity index (χ4v) is 3.86. The summed E-state index contributed by atoms with van der Waals surface area (Å²) in [6.07, 6.45) is 10.0. The quantitative estimate of drug-likeness (QED) is 0.519. The van der Waals surface area contributed by atoms with Crippen LogP contribution in [-0.4, -0.2) is 59.6 Å². The van der Waals surface area contributed by atoms with E-state index in [4.69, 9.17) is 4.74 Å². The molecule has 0 radical (unpaired) electrons. The van der Waals surface area contributed by atoms with Crippen molar-refractivity contribution in [3.8, 4) is 11.6 Å². The highest BCUT2D eigenvalue weighted by atomic mass is 16.5. The van der Waals surface area contributed by atoms with E-state index < -0.39 is 0 Å². The molecule has 0 N–H and O–H groups in total. The molecule has 1 aliphatic rings. The van der Waals surface area contributed by atoms with Crippen LogP contribution in [0.4, 0.5) is 0 Å². The molecule has 4 aromatic rings. The van der Waals surface area contributed by atoms with E-state index in [2.05, 4.69) is 20.3 Å². The Kier molecular flexibility index (Phi) is 4.62. The van der Waals surface area contributed by atoms with Crippen LogP contribution in [0.5, 0.6) is 5.88 Å². The van der Waals surface area contributed by atoms with Crippen molar-refractivity contribution >= 4 is 11.4 Å². The molecule has 5 rings (SSSR count). The van der Waals surface area contributed by atoms with Gasteiger partial charge in [0, 0.05) is 24.5 Å². The van der Waals surface area contributed by atoms with Gasteiger partial charge < -0.3 is 9.64 Å². The van der Waals surface area contributed by atoms with Crippen molar-refractivity contribution in [2.45, 2.75) is 25.9 Å². The Labute approximate surface area is 172 Å². The summed E-state index contributed by atoms with van der Waals surface area (Å²) in [5, 5.41) is 12.6. The summed E-state index contributed by atoms with van der Waals surface area (Å²) >= 11 is 0. The number of benzene rings is 1. The van der Waals surface area contributed by atoms with E-state index in [0.29, 0.717) is 30.2 Å². The van der Waals surface area contributed by atoms with Gasteiger partial charge in [-0.25, -0.2) is 9.50 Å². The van der Waals surface area contributed by atoms with Gasteiger partial charge in [-0.2, -0.15) is 20.1 Å². The number of para-hydroxylation sites is 1. The van der Waals surface area contributed by atoms with Crippen molar-refractivity contribution < 1.29 is 9.53 Å². The number of carbonyl (C=O) groups is 1. The number of aryl methyl sites for hydroxylation is 1. The average molecular weight is 403 g/mol. The van der Waals surface area contributed by atoms with Gasteiger partial charge in [0.1, 0.15) is 11.6 Å². The third-order valence-electron chi connectivity index (χ3n) is 5.29. The highest BCUT2D eigenvalue weighted by Crippen LogP contribution is 2.25. The fraction of sp³-hybridized carbons (Fsp3) is 0.286. The predicted octanol–water partition coefficient (Wildman–Crippen LogP) is 2.30. The number of nitrogens with zero attached hydrogens (tertiary/aromatic N) is 7. The molecule has 152 valence electrons. The first-order valence-corrected chi connectivity index (χ1v) is 9.91. The van der Waals surface area contributed by atoms with Crippen LogP contribution >= 0.6 is 0 Å². The number of likely N-dealkylation sites (tertiary alicyclic amines) is 1. The Hall–Kier alpha value is -3.75. The highest BCUT2D eigenvalue weighted by Gasteiger charge is 2.28. The third kappa shape index (κ3) is 3.28. The van der Waals surface area contributed by atoms with Gasteiger partial charge in [0.05, 0.1) is 36.4 Å². The minimum atomic E-state index is -0.134. The maximum atomic E-state index is 13.3. The van der Waals surface area contributed by atoms with Crippen LogP contribution in [-0.2, 0) is 0 Å². The molecule has 1 atom stereocenters. The molecule has 0 bridgehead atoms. The minimum absolute atomic E-state index is 0.0529. The van der Waals surface area contributed by atoms with Gasteiger partial charge in [-0.05, 0) is 31.9 Å². The Balaban J connectivity index is 1.37. The summed E-state index contributed by atoms with van der Waals surface area (Å²) in [4.78, 5) is 21.0. The number of ether oxygens (including phenoxy) is 1. The first-order valence-electron chi connectivity index (χ1n) is 9.91. The van der Waals surface area contributed by atoms with E-state index in [-0.39, 0.29) is 12.0 Å². The van der Waals surface area contributed by atoms with Crippen LogP contribution in [0.25, 0.3) is 11.2 Å². The van der Waals surface area contributed by atoms with Crippen LogP contribution in [0.1, 0.15) is 28.8 Å². The number of fused-ring (bicyclic) bond motifs is 1. The molecule has 9 heteroatoms. The number of amides is 1. The Morgan fingerprint density at radius 3 is 2.83 bits per heavy atom. The zero-order valence-electron chi connectivity index (χ0n) is 16.5. The van der Waals surface area contributed by atoms with E-state index in [0.717, 1.165) is 23.9 Å². The van der Waals surface area contributed by atoms with E-state index in [1.807, 2.05) is 36.1 Å². The van der Waals surface area contributed by atoms with Crippen LogP contribution in [0.2, 0.25) is 0 Å². The lowest BCUT2D eigenvalue weighted by Gasteiger charge is -2.33. The van der Waals surface area contributed by atoms with Crippen LogP contribution in [0, 0.1) is 6.92 Å². The molecule has 1 amide bonds. The molecule has 0 spiro atoms. The SMILES string of the molecule is Cc1cnn2ccnc(OC3CCCN(C(=O)c4ccccc4-n4nccn4)C3)c12. The van der Waals surface area contributed by atoms with Crippen molar-refractivity contribution in [2.75, 3.05) is 13.1 Å². The Bertz CT molecular complexity index is 1190. The summed E-state index contributed by atoms with van der Waals surface area (Å²) in [7, 11) is 0. The summed E-state index contributed by atoms with van der Waals surface area (Å²) in [6, 6.07) is 7.38. The van der Waals surface area contributed by atoms with Gasteiger partial charge in [-0.1, -0.05) is 12.1 Å². The first-order chi connectivity index (χ1) is 14.7. The molecular formula is C21H21N7O2. The molecule has 4 heterocycles. The number of hydrogen-bond donors (Lipinski definition) is 0. The first kappa shape index (κ1) is 18.3. The zero-order valence-corrected chi connectivity index (χ0v) is 16.5. The molecule has 1 unspecified atom stereocenters.